The molecule has 0 amide bonds. The number of para-hydroxylation sites is 3. The lowest BCUT2D eigenvalue weighted by Crippen LogP contribution is -2.21. The van der Waals surface area contributed by atoms with Crippen molar-refractivity contribution in [1.29, 1.82) is 0 Å². The Labute approximate surface area is 123 Å². The zero-order valence-electron chi connectivity index (χ0n) is 11.9. The minimum atomic E-state index is -0.906. The van der Waals surface area contributed by atoms with E-state index >= 15 is 0 Å². The minimum absolute atomic E-state index is 0.326. The fourth-order valence-electron chi connectivity index (χ4n) is 2.75. The standard InChI is InChI=1S/C17H17NO3/c1-12-6-4-7-13(17(19)20)16(12)18-10-5-11-21-15-9-3-2-8-14(15)18/h2-4,6-9H,5,10-11H2,1H3,(H,19,20). The predicted molar refractivity (Wildman–Crippen MR) is 81.7 cm³/mol. The molecule has 0 aliphatic carbocycles. The van der Waals surface area contributed by atoms with Gasteiger partial charge in [0.05, 0.1) is 23.5 Å². The molecule has 0 saturated carbocycles. The van der Waals surface area contributed by atoms with Crippen LogP contribution >= 0.6 is 0 Å². The number of fused-ring (bicyclic) bond motifs is 1. The number of carboxylic acids is 1. The van der Waals surface area contributed by atoms with E-state index in [0.29, 0.717) is 12.2 Å². The Morgan fingerprint density at radius 2 is 2.00 bits per heavy atom. The Hall–Kier alpha value is -2.49. The highest BCUT2D eigenvalue weighted by atomic mass is 16.5. The first-order valence-corrected chi connectivity index (χ1v) is 7.01. The van der Waals surface area contributed by atoms with E-state index in [4.69, 9.17) is 4.74 Å². The van der Waals surface area contributed by atoms with Crippen molar-refractivity contribution in [3.8, 4) is 5.75 Å². The van der Waals surface area contributed by atoms with E-state index in [9.17, 15) is 9.90 Å². The summed E-state index contributed by atoms with van der Waals surface area (Å²) in [6.07, 6.45) is 0.849. The van der Waals surface area contributed by atoms with Crippen LogP contribution < -0.4 is 9.64 Å². The molecule has 0 fully saturated rings. The molecular formula is C17H17NO3. The second-order valence-electron chi connectivity index (χ2n) is 5.10. The molecule has 1 N–H and O–H groups in total. The van der Waals surface area contributed by atoms with E-state index in [-0.39, 0.29) is 0 Å². The first-order chi connectivity index (χ1) is 10.2. The number of nitrogens with zero attached hydrogens (tertiary/aromatic N) is 1. The molecule has 0 spiro atoms. The number of benzene rings is 2. The fourth-order valence-corrected chi connectivity index (χ4v) is 2.75. The van der Waals surface area contributed by atoms with Crippen LogP contribution in [0.15, 0.2) is 42.5 Å². The van der Waals surface area contributed by atoms with Crippen LogP contribution in [0.1, 0.15) is 22.3 Å². The number of rotatable bonds is 2. The number of aryl methyl sites for hydroxylation is 1. The molecule has 21 heavy (non-hydrogen) atoms. The molecule has 0 saturated heterocycles. The monoisotopic (exact) mass is 283 g/mol. The van der Waals surface area contributed by atoms with Crippen LogP contribution in [0.5, 0.6) is 5.75 Å². The average molecular weight is 283 g/mol. The van der Waals surface area contributed by atoms with Gasteiger partial charge < -0.3 is 14.7 Å². The highest BCUT2D eigenvalue weighted by Gasteiger charge is 2.23. The van der Waals surface area contributed by atoms with Crippen molar-refractivity contribution in [3.63, 3.8) is 0 Å². The maximum atomic E-state index is 11.6. The van der Waals surface area contributed by atoms with Crippen molar-refractivity contribution < 1.29 is 14.6 Å². The zero-order valence-corrected chi connectivity index (χ0v) is 11.9. The molecule has 0 unspecified atom stereocenters. The third-order valence-corrected chi connectivity index (χ3v) is 3.68. The number of anilines is 2. The molecule has 3 rings (SSSR count). The lowest BCUT2D eigenvalue weighted by molar-refractivity contribution is 0.0697. The SMILES string of the molecule is Cc1cccc(C(=O)O)c1N1CCCOc2ccccc21. The lowest BCUT2D eigenvalue weighted by Gasteiger charge is -2.27. The van der Waals surface area contributed by atoms with Gasteiger partial charge in [0.1, 0.15) is 5.75 Å². The summed E-state index contributed by atoms with van der Waals surface area (Å²) in [5, 5.41) is 9.48. The van der Waals surface area contributed by atoms with Gasteiger partial charge in [-0.15, -0.1) is 0 Å². The van der Waals surface area contributed by atoms with E-state index in [1.807, 2.05) is 37.3 Å². The first-order valence-electron chi connectivity index (χ1n) is 7.01. The summed E-state index contributed by atoms with van der Waals surface area (Å²) in [5.74, 6) is -0.106. The van der Waals surface area contributed by atoms with Crippen LogP contribution in [0.2, 0.25) is 0 Å². The van der Waals surface area contributed by atoms with Gasteiger partial charge in [-0.25, -0.2) is 4.79 Å². The Morgan fingerprint density at radius 1 is 1.19 bits per heavy atom. The molecular weight excluding hydrogens is 266 g/mol. The van der Waals surface area contributed by atoms with Crippen molar-refractivity contribution in [1.82, 2.24) is 0 Å². The van der Waals surface area contributed by atoms with Gasteiger partial charge in [-0.1, -0.05) is 24.3 Å². The molecule has 108 valence electrons. The van der Waals surface area contributed by atoms with E-state index in [1.165, 1.54) is 0 Å². The van der Waals surface area contributed by atoms with Crippen LogP contribution in [0, 0.1) is 6.92 Å². The van der Waals surface area contributed by atoms with Crippen LogP contribution in [-0.2, 0) is 0 Å². The van der Waals surface area contributed by atoms with Crippen molar-refractivity contribution in [2.24, 2.45) is 0 Å². The van der Waals surface area contributed by atoms with Gasteiger partial charge >= 0.3 is 5.97 Å². The molecule has 4 nitrogen and oxygen atoms in total. The van der Waals surface area contributed by atoms with E-state index in [1.54, 1.807) is 12.1 Å². The molecule has 2 aromatic rings. The summed E-state index contributed by atoms with van der Waals surface area (Å²) in [4.78, 5) is 13.6. The molecule has 2 aromatic carbocycles. The predicted octanol–water partition coefficient (Wildman–Crippen LogP) is 3.61. The number of aromatic carboxylic acids is 1. The lowest BCUT2D eigenvalue weighted by atomic mass is 10.1. The summed E-state index contributed by atoms with van der Waals surface area (Å²) >= 11 is 0. The van der Waals surface area contributed by atoms with Gasteiger partial charge in [-0.2, -0.15) is 0 Å². The Balaban J connectivity index is 2.19. The largest absolute Gasteiger partial charge is 0.491 e. The quantitative estimate of drug-likeness (QED) is 0.914. The Bertz CT molecular complexity index is 681. The third-order valence-electron chi connectivity index (χ3n) is 3.68. The number of ether oxygens (including phenoxy) is 1. The average Bonchev–Trinajstić information content (AvgIpc) is 2.69. The number of carbonyl (C=O) groups is 1. The normalized spacial score (nSPS) is 14.0. The van der Waals surface area contributed by atoms with Crippen LogP contribution in [0.3, 0.4) is 0 Å². The highest BCUT2D eigenvalue weighted by Crippen LogP contribution is 2.38. The van der Waals surface area contributed by atoms with Gasteiger partial charge in [0, 0.05) is 6.54 Å². The van der Waals surface area contributed by atoms with Crippen LogP contribution in [0.25, 0.3) is 0 Å². The van der Waals surface area contributed by atoms with Gasteiger partial charge in [0.15, 0.2) is 0 Å². The molecule has 0 atom stereocenters. The molecule has 1 aliphatic rings. The summed E-state index contributed by atoms with van der Waals surface area (Å²) in [7, 11) is 0. The first kappa shape index (κ1) is 13.5. The van der Waals surface area contributed by atoms with E-state index in [2.05, 4.69) is 4.90 Å². The molecule has 4 heteroatoms. The van der Waals surface area contributed by atoms with Gasteiger partial charge in [0.2, 0.25) is 0 Å². The maximum absolute atomic E-state index is 11.6. The highest BCUT2D eigenvalue weighted by molar-refractivity contribution is 5.97. The zero-order chi connectivity index (χ0) is 14.8. The van der Waals surface area contributed by atoms with Crippen molar-refractivity contribution >= 4 is 17.3 Å². The number of hydrogen-bond acceptors (Lipinski definition) is 3. The molecule has 0 aromatic heterocycles. The second kappa shape index (κ2) is 5.48. The van der Waals surface area contributed by atoms with Crippen molar-refractivity contribution in [2.45, 2.75) is 13.3 Å². The van der Waals surface area contributed by atoms with Crippen LogP contribution in [0.4, 0.5) is 11.4 Å². The summed E-state index contributed by atoms with van der Waals surface area (Å²) in [5.41, 5.74) is 2.95. The van der Waals surface area contributed by atoms with Gasteiger partial charge in [-0.3, -0.25) is 0 Å². The molecule has 0 radical (unpaired) electrons. The number of carboxylic acid groups (broad SMARTS) is 1. The summed E-state index contributed by atoms with van der Waals surface area (Å²) < 4.78 is 5.75. The van der Waals surface area contributed by atoms with E-state index < -0.39 is 5.97 Å². The van der Waals surface area contributed by atoms with Gasteiger partial charge in [0.25, 0.3) is 0 Å². The number of hydrogen-bond donors (Lipinski definition) is 1. The molecule has 0 bridgehead atoms. The second-order valence-corrected chi connectivity index (χ2v) is 5.10. The minimum Gasteiger partial charge on any atom is -0.491 e. The molecule has 1 aliphatic heterocycles. The van der Waals surface area contributed by atoms with Gasteiger partial charge in [-0.05, 0) is 37.1 Å². The smallest absolute Gasteiger partial charge is 0.337 e. The topological polar surface area (TPSA) is 49.8 Å². The molecule has 1 heterocycles. The van der Waals surface area contributed by atoms with Crippen molar-refractivity contribution in [2.75, 3.05) is 18.1 Å². The summed E-state index contributed by atoms with van der Waals surface area (Å²) in [6, 6.07) is 13.1. The Morgan fingerprint density at radius 3 is 2.81 bits per heavy atom. The summed E-state index contributed by atoms with van der Waals surface area (Å²) in [6.45, 7) is 3.32. The van der Waals surface area contributed by atoms with Crippen LogP contribution in [-0.4, -0.2) is 24.2 Å². The van der Waals surface area contributed by atoms with Crippen molar-refractivity contribution in [3.05, 3.63) is 53.6 Å². The maximum Gasteiger partial charge on any atom is 0.337 e. The fraction of sp³-hybridized carbons (Fsp3) is 0.235. The third kappa shape index (κ3) is 2.44. The Kier molecular flexibility index (Phi) is 3.52. The van der Waals surface area contributed by atoms with E-state index in [0.717, 1.165) is 35.7 Å².